The number of fused-ring (bicyclic) bond motifs is 2. The molecule has 1 aliphatic heterocycles. The maximum absolute atomic E-state index is 13.2. The highest BCUT2D eigenvalue weighted by Gasteiger charge is 2.37. The number of aliphatic hydroxyl groups excluding tert-OH is 3. The quantitative estimate of drug-likeness (QED) is 0.263. The van der Waals surface area contributed by atoms with Crippen molar-refractivity contribution in [2.75, 3.05) is 26.9 Å². The van der Waals surface area contributed by atoms with Gasteiger partial charge in [-0.05, 0) is 92.5 Å². The molecule has 1 saturated carbocycles. The van der Waals surface area contributed by atoms with Crippen LogP contribution in [0.25, 0.3) is 0 Å². The van der Waals surface area contributed by atoms with E-state index in [0.717, 1.165) is 43.4 Å². The van der Waals surface area contributed by atoms with Gasteiger partial charge in [-0.25, -0.2) is 0 Å². The number of aromatic hydroxyl groups is 1. The van der Waals surface area contributed by atoms with Gasteiger partial charge in [-0.1, -0.05) is 18.3 Å². The summed E-state index contributed by atoms with van der Waals surface area (Å²) in [5.74, 6) is 6.82. The fourth-order valence-electron chi connectivity index (χ4n) is 7.01. The molecule has 1 heterocycles. The minimum Gasteiger partial charge on any atom is -0.504 e. The number of hydrogen-bond donors (Lipinski definition) is 5. The van der Waals surface area contributed by atoms with Crippen LogP contribution < -0.4 is 10.1 Å². The van der Waals surface area contributed by atoms with Crippen LogP contribution in [-0.2, 0) is 16.0 Å². The number of aryl methyl sites for hydroxylation is 1. The molecule has 0 aromatic heterocycles. The molecule has 7 atom stereocenters. The van der Waals surface area contributed by atoms with Crippen molar-refractivity contribution in [1.29, 1.82) is 0 Å². The molecule has 220 valence electrons. The Kier molecular flexibility index (Phi) is 11.0. The molecule has 2 aliphatic carbocycles. The summed E-state index contributed by atoms with van der Waals surface area (Å²) in [5, 5.41) is 44.5. The van der Waals surface area contributed by atoms with Gasteiger partial charge in [0.2, 0.25) is 0 Å². The maximum atomic E-state index is 13.2. The lowest BCUT2D eigenvalue weighted by Crippen LogP contribution is -2.50. The molecule has 4 rings (SSSR count). The summed E-state index contributed by atoms with van der Waals surface area (Å²) in [7, 11) is 1.48. The van der Waals surface area contributed by atoms with E-state index in [9.17, 15) is 30.0 Å². The monoisotopic (exact) mass is 555 g/mol. The topological polar surface area (TPSA) is 136 Å². The Labute approximate surface area is 237 Å². The number of hydrogen-bond acceptors (Lipinski definition) is 8. The smallest absolute Gasteiger partial charge is 0.160 e. The van der Waals surface area contributed by atoms with Crippen molar-refractivity contribution in [1.82, 2.24) is 5.32 Å². The van der Waals surface area contributed by atoms with E-state index in [1.807, 2.05) is 0 Å². The van der Waals surface area contributed by atoms with Gasteiger partial charge in [0.05, 0.1) is 13.2 Å². The predicted molar refractivity (Wildman–Crippen MR) is 151 cm³/mol. The third-order valence-electron chi connectivity index (χ3n) is 9.32. The first kappa shape index (κ1) is 30.5. The van der Waals surface area contributed by atoms with Gasteiger partial charge in [-0.3, -0.25) is 9.59 Å². The van der Waals surface area contributed by atoms with Gasteiger partial charge in [-0.2, -0.15) is 0 Å². The summed E-state index contributed by atoms with van der Waals surface area (Å²) in [4.78, 5) is 25.0. The number of piperidine rings is 1. The number of carbonyl (C=O) groups excluding carboxylic acids is 2. The van der Waals surface area contributed by atoms with E-state index in [0.29, 0.717) is 67.8 Å². The second kappa shape index (κ2) is 14.5. The fraction of sp³-hybridized carbons (Fsp3) is 0.688. The molecule has 0 bridgehead atoms. The Balaban J connectivity index is 1.39. The van der Waals surface area contributed by atoms with E-state index in [4.69, 9.17) is 4.74 Å². The normalized spacial score (nSPS) is 28.1. The van der Waals surface area contributed by atoms with Crippen molar-refractivity contribution in [3.8, 4) is 23.3 Å². The van der Waals surface area contributed by atoms with Crippen molar-refractivity contribution in [3.63, 3.8) is 0 Å². The zero-order valence-corrected chi connectivity index (χ0v) is 23.6. The Morgan fingerprint density at radius 1 is 1.07 bits per heavy atom. The van der Waals surface area contributed by atoms with Gasteiger partial charge in [0.25, 0.3) is 0 Å². The second-order valence-electron chi connectivity index (χ2n) is 11.8. The SMILES string of the molecule is COc1cc2c(cc1O)C(CCO)C#CC(C(O)CCCC(CCO)C1CNC3CC(=O)CCC3C1)C(=O)CC2. The number of ether oxygens (including phenoxy) is 1. The second-order valence-corrected chi connectivity index (χ2v) is 11.8. The Hall–Kier alpha value is -2.44. The number of benzene rings is 1. The number of phenolic OH excluding ortho intramolecular Hbond substituents is 1. The van der Waals surface area contributed by atoms with Crippen LogP contribution in [0.5, 0.6) is 11.5 Å². The van der Waals surface area contributed by atoms with Crippen molar-refractivity contribution < 1.29 is 34.8 Å². The molecule has 1 aromatic carbocycles. The summed E-state index contributed by atoms with van der Waals surface area (Å²) >= 11 is 0. The molecule has 5 N–H and O–H groups in total. The summed E-state index contributed by atoms with van der Waals surface area (Å²) in [6, 6.07) is 3.63. The highest BCUT2D eigenvalue weighted by molar-refractivity contribution is 5.85. The summed E-state index contributed by atoms with van der Waals surface area (Å²) in [5.41, 5.74) is 1.63. The van der Waals surface area contributed by atoms with Crippen LogP contribution in [0.1, 0.15) is 81.3 Å². The minimum atomic E-state index is -0.896. The Morgan fingerprint density at radius 2 is 1.90 bits per heavy atom. The van der Waals surface area contributed by atoms with E-state index in [-0.39, 0.29) is 43.1 Å². The molecule has 0 radical (unpaired) electrons. The van der Waals surface area contributed by atoms with Crippen LogP contribution >= 0.6 is 0 Å². The van der Waals surface area contributed by atoms with Crippen LogP contribution in [0.15, 0.2) is 12.1 Å². The third-order valence-corrected chi connectivity index (χ3v) is 9.32. The van der Waals surface area contributed by atoms with Gasteiger partial charge in [0.15, 0.2) is 17.3 Å². The summed E-state index contributed by atoms with van der Waals surface area (Å²) in [6.45, 7) is 0.879. The van der Waals surface area contributed by atoms with E-state index in [2.05, 4.69) is 17.2 Å². The molecule has 0 spiro atoms. The summed E-state index contributed by atoms with van der Waals surface area (Å²) < 4.78 is 5.26. The largest absolute Gasteiger partial charge is 0.504 e. The standard InChI is InChI=1S/C32H45NO7/c1-40-32-16-22-7-10-30(38)26(9-6-21(12-14-35)27(22)18-31(32)39)29(37)4-2-3-20(11-13-34)24-15-23-5-8-25(36)17-28(23)33-19-24/h16,18,20-21,23-24,26,28-29,33-35,37,39H,2-5,7-8,10-15,17,19H2,1H3. The zero-order valence-electron chi connectivity index (χ0n) is 23.6. The number of Topliss-reactive ketones (excluding diaryl/α,β-unsaturated/α-hetero) is 2. The molecule has 0 amide bonds. The third kappa shape index (κ3) is 7.44. The molecule has 40 heavy (non-hydrogen) atoms. The first-order valence-electron chi connectivity index (χ1n) is 14.9. The average Bonchev–Trinajstić information content (AvgIpc) is 3.00. The van der Waals surface area contributed by atoms with Crippen molar-refractivity contribution >= 4 is 11.6 Å². The molecule has 3 aliphatic rings. The number of rotatable bonds is 11. The van der Waals surface area contributed by atoms with Gasteiger partial charge in [0, 0.05) is 44.4 Å². The van der Waals surface area contributed by atoms with Gasteiger partial charge >= 0.3 is 0 Å². The van der Waals surface area contributed by atoms with Crippen LogP contribution in [0.3, 0.4) is 0 Å². The molecule has 2 fully saturated rings. The molecular weight excluding hydrogens is 510 g/mol. The van der Waals surface area contributed by atoms with Crippen LogP contribution in [0.2, 0.25) is 0 Å². The maximum Gasteiger partial charge on any atom is 0.160 e. The van der Waals surface area contributed by atoms with Crippen molar-refractivity contribution in [3.05, 3.63) is 23.3 Å². The Morgan fingerprint density at radius 3 is 2.65 bits per heavy atom. The molecule has 8 nitrogen and oxygen atoms in total. The number of phenols is 1. The Bertz CT molecular complexity index is 1090. The highest BCUT2D eigenvalue weighted by Crippen LogP contribution is 2.38. The molecular formula is C32H45NO7. The van der Waals surface area contributed by atoms with Gasteiger partial charge < -0.3 is 30.5 Å². The van der Waals surface area contributed by atoms with E-state index >= 15 is 0 Å². The molecule has 8 heteroatoms. The lowest BCUT2D eigenvalue weighted by molar-refractivity contribution is -0.124. The minimum absolute atomic E-state index is 0.00811. The number of methoxy groups -OCH3 is 1. The average molecular weight is 556 g/mol. The van der Waals surface area contributed by atoms with Crippen LogP contribution in [0, 0.1) is 35.5 Å². The summed E-state index contributed by atoms with van der Waals surface area (Å²) in [6.07, 6.45) is 6.15. The number of aliphatic hydroxyl groups is 3. The van der Waals surface area contributed by atoms with Crippen molar-refractivity contribution in [2.45, 2.75) is 88.7 Å². The number of nitrogens with one attached hydrogen (secondary N) is 1. The van der Waals surface area contributed by atoms with E-state index < -0.39 is 12.0 Å². The molecule has 1 aromatic rings. The zero-order chi connectivity index (χ0) is 28.6. The lowest BCUT2D eigenvalue weighted by atomic mass is 9.71. The molecule has 7 unspecified atom stereocenters. The number of ketones is 2. The fourth-order valence-corrected chi connectivity index (χ4v) is 7.01. The van der Waals surface area contributed by atoms with E-state index in [1.54, 1.807) is 12.1 Å². The van der Waals surface area contributed by atoms with Crippen LogP contribution in [-0.4, -0.2) is 71.0 Å². The lowest BCUT2D eigenvalue weighted by Gasteiger charge is -2.42. The first-order chi connectivity index (χ1) is 19.3. The predicted octanol–water partition coefficient (Wildman–Crippen LogP) is 2.88. The van der Waals surface area contributed by atoms with Crippen molar-refractivity contribution in [2.24, 2.45) is 23.7 Å². The number of carbonyl (C=O) groups is 2. The van der Waals surface area contributed by atoms with Gasteiger partial charge in [0.1, 0.15) is 11.7 Å². The van der Waals surface area contributed by atoms with Gasteiger partial charge in [-0.15, -0.1) is 0 Å². The van der Waals surface area contributed by atoms with Crippen LogP contribution in [0.4, 0.5) is 0 Å². The molecule has 1 saturated heterocycles. The first-order valence-corrected chi connectivity index (χ1v) is 14.9. The van der Waals surface area contributed by atoms with E-state index in [1.165, 1.54) is 7.11 Å². The highest BCUT2D eigenvalue weighted by atomic mass is 16.5.